The molecule has 4 rings (SSSR count). The third kappa shape index (κ3) is 4.27. The van der Waals surface area contributed by atoms with Crippen molar-refractivity contribution in [2.75, 3.05) is 6.61 Å². The summed E-state index contributed by atoms with van der Waals surface area (Å²) < 4.78 is 30.3. The number of carbonyl (C=O) groups excluding carboxylic acids is 4. The molecule has 38 heavy (non-hydrogen) atoms. The topological polar surface area (TPSA) is 135 Å². The number of benzene rings is 1. The van der Waals surface area contributed by atoms with E-state index in [1.807, 2.05) is 20.8 Å². The first-order chi connectivity index (χ1) is 17.8. The van der Waals surface area contributed by atoms with E-state index in [4.69, 9.17) is 23.7 Å². The van der Waals surface area contributed by atoms with Crippen LogP contribution in [-0.4, -0.2) is 71.2 Å². The molecule has 10 nitrogen and oxygen atoms in total. The first-order valence-electron chi connectivity index (χ1n) is 12.9. The Morgan fingerprint density at radius 2 is 1.47 bits per heavy atom. The molecule has 2 aliphatic carbocycles. The molecule has 8 atom stereocenters. The molecule has 1 heterocycles. The normalized spacial score (nSPS) is 36.9. The van der Waals surface area contributed by atoms with Crippen LogP contribution >= 0.6 is 0 Å². The molecule has 2 bridgehead atoms. The highest BCUT2D eigenvalue weighted by Gasteiger charge is 2.82. The highest BCUT2D eigenvalue weighted by molar-refractivity contribution is 5.89. The Kier molecular flexibility index (Phi) is 7.35. The van der Waals surface area contributed by atoms with Crippen LogP contribution in [0.2, 0.25) is 0 Å². The van der Waals surface area contributed by atoms with Gasteiger partial charge in [-0.1, -0.05) is 25.1 Å². The smallest absolute Gasteiger partial charge is 0.338 e. The van der Waals surface area contributed by atoms with Crippen molar-refractivity contribution in [3.8, 4) is 0 Å². The number of esters is 4. The predicted molar refractivity (Wildman–Crippen MR) is 132 cm³/mol. The molecule has 10 heteroatoms. The summed E-state index contributed by atoms with van der Waals surface area (Å²) in [6.07, 6.45) is -3.78. The molecule has 1 saturated heterocycles. The van der Waals surface area contributed by atoms with E-state index in [1.54, 1.807) is 30.3 Å². The molecule has 0 radical (unpaired) electrons. The van der Waals surface area contributed by atoms with E-state index in [1.165, 1.54) is 20.8 Å². The van der Waals surface area contributed by atoms with Crippen molar-refractivity contribution >= 4 is 23.9 Å². The summed E-state index contributed by atoms with van der Waals surface area (Å²) in [7, 11) is 0. The molecule has 1 aliphatic heterocycles. The fourth-order valence-corrected chi connectivity index (χ4v) is 7.19. The number of ether oxygens (including phenoxy) is 5. The van der Waals surface area contributed by atoms with Crippen LogP contribution in [0, 0.1) is 17.3 Å². The summed E-state index contributed by atoms with van der Waals surface area (Å²) in [6, 6.07) is 8.39. The van der Waals surface area contributed by atoms with E-state index < -0.39 is 83.4 Å². The Morgan fingerprint density at radius 3 is 2.03 bits per heavy atom. The summed E-state index contributed by atoms with van der Waals surface area (Å²) in [4.78, 5) is 50.2. The van der Waals surface area contributed by atoms with Crippen LogP contribution in [0.5, 0.6) is 0 Å². The minimum Gasteiger partial charge on any atom is -0.459 e. The zero-order valence-corrected chi connectivity index (χ0v) is 22.6. The molecule has 0 unspecified atom stereocenters. The maximum absolute atomic E-state index is 13.3. The number of fused-ring (bicyclic) bond motifs is 1. The van der Waals surface area contributed by atoms with Gasteiger partial charge in [0.15, 0.2) is 6.10 Å². The second kappa shape index (κ2) is 9.96. The Balaban J connectivity index is 1.95. The fourth-order valence-electron chi connectivity index (χ4n) is 7.19. The van der Waals surface area contributed by atoms with E-state index >= 15 is 0 Å². The van der Waals surface area contributed by atoms with Gasteiger partial charge in [-0.2, -0.15) is 0 Å². The van der Waals surface area contributed by atoms with E-state index in [2.05, 4.69) is 0 Å². The predicted octanol–water partition coefficient (Wildman–Crippen LogP) is 2.59. The van der Waals surface area contributed by atoms with Crippen molar-refractivity contribution in [3.63, 3.8) is 0 Å². The summed E-state index contributed by atoms with van der Waals surface area (Å²) in [6.45, 7) is 8.65. The van der Waals surface area contributed by atoms with Gasteiger partial charge in [0.1, 0.15) is 29.3 Å². The average molecular weight is 533 g/mol. The average Bonchev–Trinajstić information content (AvgIpc) is 2.98. The molecule has 2 saturated carbocycles. The van der Waals surface area contributed by atoms with Gasteiger partial charge in [-0.3, -0.25) is 14.4 Å². The third-order valence-corrected chi connectivity index (χ3v) is 8.47. The van der Waals surface area contributed by atoms with Gasteiger partial charge < -0.3 is 28.8 Å². The second-order valence-corrected chi connectivity index (χ2v) is 11.1. The zero-order chi connectivity index (χ0) is 28.0. The monoisotopic (exact) mass is 532 g/mol. The summed E-state index contributed by atoms with van der Waals surface area (Å²) >= 11 is 0. The van der Waals surface area contributed by atoms with Gasteiger partial charge >= 0.3 is 23.9 Å². The number of aliphatic hydroxyl groups is 1. The fraction of sp³-hybridized carbons (Fsp3) is 0.643. The standard InChI is InChI=1S/C28H36O10/c1-15-12-21(34-16(2)30)24(36-18(4)32)27(14-29)22(37-25(33)19-10-8-7-9-11-19)13-20-23(35-17(3)31)28(15,27)38-26(20,5)6/h7-11,15,20-24,29H,12-14H2,1-6H3/t15-,20-,21+,22+,23-,24+,27-,28-/m1/s1. The third-order valence-electron chi connectivity index (χ3n) is 8.47. The lowest BCUT2D eigenvalue weighted by Gasteiger charge is -2.63. The first kappa shape index (κ1) is 28.0. The van der Waals surface area contributed by atoms with E-state index in [0.29, 0.717) is 5.56 Å². The molecule has 3 aliphatic rings. The Labute approximate surface area is 221 Å². The lowest BCUT2D eigenvalue weighted by Crippen LogP contribution is -2.78. The van der Waals surface area contributed by atoms with Crippen molar-refractivity contribution in [1.29, 1.82) is 0 Å². The molecular weight excluding hydrogens is 496 g/mol. The van der Waals surface area contributed by atoms with Gasteiger partial charge in [-0.15, -0.1) is 0 Å². The van der Waals surface area contributed by atoms with Crippen molar-refractivity contribution in [2.24, 2.45) is 17.3 Å². The first-order valence-corrected chi connectivity index (χ1v) is 12.9. The molecule has 1 aromatic carbocycles. The van der Waals surface area contributed by atoms with E-state index in [9.17, 15) is 24.3 Å². The molecule has 1 N–H and O–H groups in total. The highest BCUT2D eigenvalue weighted by atomic mass is 16.6. The SMILES string of the molecule is CC(=O)O[C@H]1C[C@@H](C)[C@]23OC(C)(C)[C@H](C[C@H](OC(=O)c4ccccc4)[C@]2(CO)[C@H]1OC(C)=O)[C@H]3OC(C)=O. The lowest BCUT2D eigenvalue weighted by molar-refractivity contribution is -0.318. The van der Waals surface area contributed by atoms with Crippen LogP contribution in [0.3, 0.4) is 0 Å². The minimum atomic E-state index is -1.63. The minimum absolute atomic E-state index is 0.142. The second-order valence-electron chi connectivity index (χ2n) is 11.1. The molecule has 1 aromatic rings. The van der Waals surface area contributed by atoms with Gasteiger partial charge in [0.05, 0.1) is 17.8 Å². The van der Waals surface area contributed by atoms with E-state index in [0.717, 1.165) is 0 Å². The Bertz CT molecular complexity index is 1100. The molecular formula is C28H36O10. The molecule has 1 spiro atoms. The lowest BCUT2D eigenvalue weighted by atomic mass is 9.48. The maximum Gasteiger partial charge on any atom is 0.338 e. The van der Waals surface area contributed by atoms with Crippen molar-refractivity contribution in [3.05, 3.63) is 35.9 Å². The van der Waals surface area contributed by atoms with Gasteiger partial charge in [0.25, 0.3) is 0 Å². The maximum atomic E-state index is 13.3. The number of hydrogen-bond acceptors (Lipinski definition) is 10. The van der Waals surface area contributed by atoms with E-state index in [-0.39, 0.29) is 12.8 Å². The van der Waals surface area contributed by atoms with Crippen molar-refractivity contribution in [2.45, 2.75) is 90.0 Å². The number of carbonyl (C=O) groups is 4. The summed E-state index contributed by atoms with van der Waals surface area (Å²) in [5, 5.41) is 11.3. The quantitative estimate of drug-likeness (QED) is 0.430. The Hall–Kier alpha value is -2.98. The van der Waals surface area contributed by atoms with Crippen molar-refractivity contribution < 1.29 is 48.0 Å². The molecule has 0 aromatic heterocycles. The summed E-state index contributed by atoms with van der Waals surface area (Å²) in [5.41, 5.74) is -3.63. The van der Waals surface area contributed by atoms with Crippen LogP contribution < -0.4 is 0 Å². The van der Waals surface area contributed by atoms with Gasteiger partial charge in [-0.05, 0) is 44.7 Å². The summed E-state index contributed by atoms with van der Waals surface area (Å²) in [5.74, 6) is -3.33. The van der Waals surface area contributed by atoms with Gasteiger partial charge in [0, 0.05) is 26.7 Å². The van der Waals surface area contributed by atoms with Crippen LogP contribution in [0.15, 0.2) is 30.3 Å². The zero-order valence-electron chi connectivity index (χ0n) is 22.6. The van der Waals surface area contributed by atoms with Gasteiger partial charge in [0.2, 0.25) is 0 Å². The van der Waals surface area contributed by atoms with Crippen LogP contribution in [0.25, 0.3) is 0 Å². The van der Waals surface area contributed by atoms with Crippen LogP contribution in [0.1, 0.15) is 64.7 Å². The number of aliphatic hydroxyl groups excluding tert-OH is 1. The van der Waals surface area contributed by atoms with Crippen LogP contribution in [0.4, 0.5) is 0 Å². The largest absolute Gasteiger partial charge is 0.459 e. The number of hydrogen-bond donors (Lipinski definition) is 1. The number of rotatable bonds is 6. The van der Waals surface area contributed by atoms with Crippen molar-refractivity contribution in [1.82, 2.24) is 0 Å². The molecule has 0 amide bonds. The van der Waals surface area contributed by atoms with Gasteiger partial charge in [-0.25, -0.2) is 4.79 Å². The highest BCUT2D eigenvalue weighted by Crippen LogP contribution is 2.67. The molecule has 208 valence electrons. The van der Waals surface area contributed by atoms with Crippen LogP contribution in [-0.2, 0) is 38.1 Å². The Morgan fingerprint density at radius 1 is 0.895 bits per heavy atom. The molecule has 3 fully saturated rings.